The van der Waals surface area contributed by atoms with Gasteiger partial charge in [0.2, 0.25) is 5.91 Å². The van der Waals surface area contributed by atoms with Crippen molar-refractivity contribution in [1.29, 1.82) is 0 Å². The normalized spacial score (nSPS) is 37.3. The molecule has 0 saturated carbocycles. The predicted molar refractivity (Wildman–Crippen MR) is 102 cm³/mol. The van der Waals surface area contributed by atoms with Gasteiger partial charge in [0, 0.05) is 23.8 Å². The SMILES string of the molecule is COC(=O)C1=CCC(C)[C@@H]2CN3CC[C@@]4(C(=O)Nc5ccccc54)[C@H]3C[C@H]12. The van der Waals surface area contributed by atoms with Crippen LogP contribution < -0.4 is 5.32 Å². The van der Waals surface area contributed by atoms with Gasteiger partial charge in [0.1, 0.15) is 0 Å². The number of nitrogens with zero attached hydrogens (tertiary/aromatic N) is 1. The van der Waals surface area contributed by atoms with Crippen LogP contribution in [0.3, 0.4) is 0 Å². The van der Waals surface area contributed by atoms with Gasteiger partial charge in [0.15, 0.2) is 0 Å². The lowest BCUT2D eigenvalue weighted by molar-refractivity contribution is -0.137. The van der Waals surface area contributed by atoms with E-state index in [-0.39, 0.29) is 23.8 Å². The van der Waals surface area contributed by atoms with Crippen LogP contribution in [-0.2, 0) is 19.7 Å². The van der Waals surface area contributed by atoms with Crippen molar-refractivity contribution >= 4 is 17.6 Å². The van der Waals surface area contributed by atoms with E-state index in [2.05, 4.69) is 29.3 Å². The molecular formula is C22H26N2O3. The van der Waals surface area contributed by atoms with Gasteiger partial charge in [-0.2, -0.15) is 0 Å². The lowest BCUT2D eigenvalue weighted by Crippen LogP contribution is -2.55. The Morgan fingerprint density at radius 2 is 2.15 bits per heavy atom. The third-order valence-corrected chi connectivity index (χ3v) is 7.56. The smallest absolute Gasteiger partial charge is 0.333 e. The minimum atomic E-state index is -0.483. The van der Waals surface area contributed by atoms with Crippen LogP contribution in [0.15, 0.2) is 35.9 Å². The largest absolute Gasteiger partial charge is 0.466 e. The minimum absolute atomic E-state index is 0.127. The Morgan fingerprint density at radius 1 is 1.33 bits per heavy atom. The van der Waals surface area contributed by atoms with Gasteiger partial charge in [-0.05, 0) is 55.2 Å². The highest BCUT2D eigenvalue weighted by Crippen LogP contribution is 2.54. The van der Waals surface area contributed by atoms with Crippen molar-refractivity contribution in [3.05, 3.63) is 41.5 Å². The number of carbonyl (C=O) groups excluding carboxylic acids is 2. The summed E-state index contributed by atoms with van der Waals surface area (Å²) in [5, 5.41) is 3.12. The van der Waals surface area contributed by atoms with Gasteiger partial charge in [0.25, 0.3) is 0 Å². The first kappa shape index (κ1) is 17.0. The number of benzene rings is 1. The fourth-order valence-electron chi connectivity index (χ4n) is 6.18. The van der Waals surface area contributed by atoms with E-state index in [1.54, 1.807) is 0 Å². The molecule has 2 fully saturated rings. The standard InChI is InChI=1S/C22H26N2O3/c1-13-7-8-14(20(25)27-2)15-11-19-22(9-10-24(19)12-16(13)15)17-5-3-4-6-18(17)23-21(22)26/h3-6,8,13,15-16,19H,7,9-12H2,1-2H3,(H,23,26)/t13?,15-,16+,19-,22+/m1/s1. The number of hydrogen-bond acceptors (Lipinski definition) is 4. The van der Waals surface area contributed by atoms with E-state index in [9.17, 15) is 9.59 Å². The first-order chi connectivity index (χ1) is 13.1. The number of ether oxygens (including phenoxy) is 1. The fraction of sp³-hybridized carbons (Fsp3) is 0.545. The van der Waals surface area contributed by atoms with E-state index in [4.69, 9.17) is 4.74 Å². The summed E-state index contributed by atoms with van der Waals surface area (Å²) < 4.78 is 5.08. The first-order valence-electron chi connectivity index (χ1n) is 9.99. The van der Waals surface area contributed by atoms with Gasteiger partial charge in [-0.25, -0.2) is 4.79 Å². The third kappa shape index (κ3) is 2.21. The van der Waals surface area contributed by atoms with E-state index in [1.165, 1.54) is 7.11 Å². The number of hydrogen-bond donors (Lipinski definition) is 1. The zero-order valence-corrected chi connectivity index (χ0v) is 15.9. The minimum Gasteiger partial charge on any atom is -0.466 e. The van der Waals surface area contributed by atoms with E-state index in [1.807, 2.05) is 18.2 Å². The molecule has 1 aromatic carbocycles. The molecule has 1 aromatic rings. The van der Waals surface area contributed by atoms with Crippen LogP contribution in [0.4, 0.5) is 5.69 Å². The van der Waals surface area contributed by atoms with Gasteiger partial charge in [-0.15, -0.1) is 0 Å². The van der Waals surface area contributed by atoms with E-state index >= 15 is 0 Å². The predicted octanol–water partition coefficient (Wildman–Crippen LogP) is 2.73. The maximum atomic E-state index is 13.2. The van der Waals surface area contributed by atoms with Gasteiger partial charge in [-0.1, -0.05) is 31.2 Å². The summed E-state index contributed by atoms with van der Waals surface area (Å²) in [5.41, 5.74) is 2.43. The number of carbonyl (C=O) groups is 2. The molecule has 5 nitrogen and oxygen atoms in total. The average Bonchev–Trinajstić information content (AvgIpc) is 3.20. The molecule has 3 aliphatic heterocycles. The third-order valence-electron chi connectivity index (χ3n) is 7.56. The summed E-state index contributed by atoms with van der Waals surface area (Å²) in [5.74, 6) is 1.11. The number of nitrogens with one attached hydrogen (secondary N) is 1. The molecule has 5 heteroatoms. The molecule has 4 aliphatic rings. The second-order valence-electron chi connectivity index (χ2n) is 8.60. The number of fused-ring (bicyclic) bond motifs is 5. The lowest BCUT2D eigenvalue weighted by Gasteiger charge is -2.48. The first-order valence-corrected chi connectivity index (χ1v) is 9.99. The molecule has 142 valence electrons. The zero-order chi connectivity index (χ0) is 18.8. The van der Waals surface area contributed by atoms with Crippen molar-refractivity contribution in [1.82, 2.24) is 4.90 Å². The summed E-state index contributed by atoms with van der Waals surface area (Å²) >= 11 is 0. The number of piperidine rings is 1. The van der Waals surface area contributed by atoms with Crippen molar-refractivity contribution in [2.24, 2.45) is 17.8 Å². The van der Waals surface area contributed by atoms with Gasteiger partial charge >= 0.3 is 5.97 Å². The Morgan fingerprint density at radius 3 is 2.96 bits per heavy atom. The molecule has 1 unspecified atom stereocenters. The lowest BCUT2D eigenvalue weighted by atomic mass is 9.63. The van der Waals surface area contributed by atoms with Crippen molar-refractivity contribution in [3.63, 3.8) is 0 Å². The molecule has 1 aliphatic carbocycles. The molecule has 27 heavy (non-hydrogen) atoms. The van der Waals surface area contributed by atoms with Crippen LogP contribution >= 0.6 is 0 Å². The van der Waals surface area contributed by atoms with Crippen molar-refractivity contribution in [2.45, 2.75) is 37.6 Å². The quantitative estimate of drug-likeness (QED) is 0.777. The second kappa shape index (κ2) is 5.93. The highest BCUT2D eigenvalue weighted by molar-refractivity contribution is 6.07. The fourth-order valence-corrected chi connectivity index (χ4v) is 6.18. The van der Waals surface area contributed by atoms with Crippen molar-refractivity contribution in [2.75, 3.05) is 25.5 Å². The van der Waals surface area contributed by atoms with Crippen LogP contribution in [0.2, 0.25) is 0 Å². The number of esters is 1. The van der Waals surface area contributed by atoms with Crippen molar-refractivity contribution in [3.8, 4) is 0 Å². The Bertz CT molecular complexity index is 848. The van der Waals surface area contributed by atoms with Gasteiger partial charge in [0.05, 0.1) is 12.5 Å². The molecule has 5 atom stereocenters. The number of anilines is 1. The van der Waals surface area contributed by atoms with E-state index in [0.717, 1.165) is 49.2 Å². The second-order valence-corrected chi connectivity index (χ2v) is 8.60. The number of amides is 1. The van der Waals surface area contributed by atoms with Crippen LogP contribution in [-0.4, -0.2) is 43.0 Å². The number of allylic oxidation sites excluding steroid dienone is 1. The molecule has 1 amide bonds. The van der Waals surface area contributed by atoms with E-state index in [0.29, 0.717) is 11.8 Å². The van der Waals surface area contributed by atoms with Crippen LogP contribution in [0, 0.1) is 17.8 Å². The van der Waals surface area contributed by atoms with E-state index < -0.39 is 5.41 Å². The Labute approximate surface area is 159 Å². The average molecular weight is 366 g/mol. The maximum absolute atomic E-state index is 13.2. The monoisotopic (exact) mass is 366 g/mol. The Kier molecular flexibility index (Phi) is 3.73. The highest BCUT2D eigenvalue weighted by atomic mass is 16.5. The topological polar surface area (TPSA) is 58.6 Å². The number of methoxy groups -OCH3 is 1. The molecule has 1 spiro atoms. The summed E-state index contributed by atoms with van der Waals surface area (Å²) in [6.45, 7) is 4.19. The highest BCUT2D eigenvalue weighted by Gasteiger charge is 2.60. The number of para-hydroxylation sites is 1. The molecule has 0 bridgehead atoms. The Hall–Kier alpha value is -2.14. The number of rotatable bonds is 1. The summed E-state index contributed by atoms with van der Waals surface area (Å²) in [7, 11) is 1.46. The molecular weight excluding hydrogens is 340 g/mol. The molecule has 0 aromatic heterocycles. The molecule has 1 N–H and O–H groups in total. The summed E-state index contributed by atoms with van der Waals surface area (Å²) in [6, 6.07) is 8.24. The van der Waals surface area contributed by atoms with Gasteiger partial charge < -0.3 is 10.1 Å². The molecule has 5 rings (SSSR count). The summed E-state index contributed by atoms with van der Waals surface area (Å²) in [4.78, 5) is 28.1. The molecule has 3 heterocycles. The summed E-state index contributed by atoms with van der Waals surface area (Å²) in [6.07, 6.45) is 4.71. The van der Waals surface area contributed by atoms with Crippen LogP contribution in [0.5, 0.6) is 0 Å². The maximum Gasteiger partial charge on any atom is 0.333 e. The van der Waals surface area contributed by atoms with Crippen LogP contribution in [0.1, 0.15) is 31.7 Å². The molecule has 2 saturated heterocycles. The van der Waals surface area contributed by atoms with Gasteiger partial charge in [-0.3, -0.25) is 9.69 Å². The Balaban J connectivity index is 1.55. The van der Waals surface area contributed by atoms with Crippen LogP contribution in [0.25, 0.3) is 0 Å². The molecule has 0 radical (unpaired) electrons. The zero-order valence-electron chi connectivity index (χ0n) is 15.9. The van der Waals surface area contributed by atoms with Crippen molar-refractivity contribution < 1.29 is 14.3 Å².